The molecule has 0 saturated carbocycles. The first kappa shape index (κ1) is 15.0. The number of rotatable bonds is 4. The van der Waals surface area contributed by atoms with Crippen molar-refractivity contribution in [2.24, 2.45) is 0 Å². The maximum Gasteiger partial charge on any atom is 0.262 e. The minimum atomic E-state index is -0.654. The van der Waals surface area contributed by atoms with Crippen LogP contribution in [0, 0.1) is 5.82 Å². The topological polar surface area (TPSA) is 58.6 Å². The van der Waals surface area contributed by atoms with Crippen LogP contribution in [-0.2, 0) is 0 Å². The summed E-state index contributed by atoms with van der Waals surface area (Å²) in [5, 5.41) is 12.1. The quantitative estimate of drug-likeness (QED) is 0.909. The number of hydrogen-bond acceptors (Lipinski definition) is 3. The third kappa shape index (κ3) is 3.38. The maximum atomic E-state index is 13.8. The number of amides is 1. The fourth-order valence-corrected chi connectivity index (χ4v) is 1.96. The summed E-state index contributed by atoms with van der Waals surface area (Å²) in [6, 6.07) is 10.9. The van der Waals surface area contributed by atoms with Gasteiger partial charge in [-0.1, -0.05) is 18.2 Å². The van der Waals surface area contributed by atoms with Gasteiger partial charge in [-0.2, -0.15) is 0 Å². The van der Waals surface area contributed by atoms with E-state index >= 15 is 0 Å². The SMILES string of the molecule is COc1cccc(F)c1C(=O)Nc1cccc(C(C)O)c1. The number of methoxy groups -OCH3 is 1. The number of carbonyl (C=O) groups is 1. The Kier molecular flexibility index (Phi) is 4.55. The van der Waals surface area contributed by atoms with Gasteiger partial charge in [-0.05, 0) is 36.8 Å². The third-order valence-electron chi connectivity index (χ3n) is 3.05. The number of ether oxygens (including phenoxy) is 1. The van der Waals surface area contributed by atoms with E-state index in [2.05, 4.69) is 5.32 Å². The van der Waals surface area contributed by atoms with Crippen molar-refractivity contribution >= 4 is 11.6 Å². The molecule has 1 amide bonds. The Bertz CT molecular complexity index is 656. The minimum absolute atomic E-state index is 0.151. The fourth-order valence-electron chi connectivity index (χ4n) is 1.96. The van der Waals surface area contributed by atoms with Crippen molar-refractivity contribution in [1.82, 2.24) is 0 Å². The van der Waals surface area contributed by atoms with Crippen LogP contribution in [0.3, 0.4) is 0 Å². The first-order valence-electron chi connectivity index (χ1n) is 6.45. The van der Waals surface area contributed by atoms with Gasteiger partial charge in [0.1, 0.15) is 17.1 Å². The largest absolute Gasteiger partial charge is 0.496 e. The van der Waals surface area contributed by atoms with Crippen LogP contribution in [0.5, 0.6) is 5.75 Å². The molecule has 110 valence electrons. The summed E-state index contributed by atoms with van der Waals surface area (Å²) < 4.78 is 18.8. The van der Waals surface area contributed by atoms with Crippen molar-refractivity contribution in [3.63, 3.8) is 0 Å². The van der Waals surface area contributed by atoms with Gasteiger partial charge in [0.05, 0.1) is 13.2 Å². The van der Waals surface area contributed by atoms with E-state index in [0.717, 1.165) is 0 Å². The molecule has 0 aliphatic carbocycles. The van der Waals surface area contributed by atoms with Crippen molar-refractivity contribution < 1.29 is 19.0 Å². The molecule has 0 fully saturated rings. The Morgan fingerprint density at radius 1 is 1.29 bits per heavy atom. The molecular weight excluding hydrogens is 273 g/mol. The van der Waals surface area contributed by atoms with E-state index in [0.29, 0.717) is 11.3 Å². The van der Waals surface area contributed by atoms with E-state index in [4.69, 9.17) is 4.74 Å². The first-order valence-corrected chi connectivity index (χ1v) is 6.45. The lowest BCUT2D eigenvalue weighted by molar-refractivity contribution is 0.102. The molecule has 1 atom stereocenters. The second kappa shape index (κ2) is 6.37. The molecule has 2 N–H and O–H groups in total. The molecule has 5 heteroatoms. The molecule has 4 nitrogen and oxygen atoms in total. The van der Waals surface area contributed by atoms with Crippen LogP contribution >= 0.6 is 0 Å². The molecule has 1 unspecified atom stereocenters. The Morgan fingerprint density at radius 3 is 2.67 bits per heavy atom. The van der Waals surface area contributed by atoms with Gasteiger partial charge in [0.25, 0.3) is 5.91 Å². The summed E-state index contributed by atoms with van der Waals surface area (Å²) in [7, 11) is 1.37. The van der Waals surface area contributed by atoms with Gasteiger partial charge in [-0.25, -0.2) is 4.39 Å². The fraction of sp³-hybridized carbons (Fsp3) is 0.188. The van der Waals surface area contributed by atoms with Crippen LogP contribution in [0.25, 0.3) is 0 Å². The Labute approximate surface area is 122 Å². The predicted molar refractivity (Wildman–Crippen MR) is 78.0 cm³/mol. The van der Waals surface area contributed by atoms with E-state index in [1.165, 1.54) is 25.3 Å². The zero-order chi connectivity index (χ0) is 15.4. The first-order chi connectivity index (χ1) is 10.0. The van der Waals surface area contributed by atoms with Crippen molar-refractivity contribution in [1.29, 1.82) is 0 Å². The molecule has 0 bridgehead atoms. The number of carbonyl (C=O) groups excluding carboxylic acids is 1. The number of hydrogen-bond donors (Lipinski definition) is 2. The smallest absolute Gasteiger partial charge is 0.262 e. The number of aliphatic hydroxyl groups is 1. The third-order valence-corrected chi connectivity index (χ3v) is 3.05. The number of aliphatic hydroxyl groups excluding tert-OH is 1. The lowest BCUT2D eigenvalue weighted by Gasteiger charge is -2.11. The second-order valence-corrected chi connectivity index (χ2v) is 4.57. The second-order valence-electron chi connectivity index (χ2n) is 4.57. The molecule has 0 aromatic heterocycles. The van der Waals surface area contributed by atoms with Crippen molar-refractivity contribution in [3.05, 3.63) is 59.4 Å². The molecule has 0 aliphatic rings. The van der Waals surface area contributed by atoms with Crippen molar-refractivity contribution in [2.75, 3.05) is 12.4 Å². The van der Waals surface area contributed by atoms with Crippen LogP contribution < -0.4 is 10.1 Å². The highest BCUT2D eigenvalue weighted by molar-refractivity contribution is 6.06. The highest BCUT2D eigenvalue weighted by Crippen LogP contribution is 2.23. The van der Waals surface area contributed by atoms with Gasteiger partial charge < -0.3 is 15.2 Å². The van der Waals surface area contributed by atoms with E-state index in [9.17, 15) is 14.3 Å². The molecule has 2 aromatic carbocycles. The highest BCUT2D eigenvalue weighted by atomic mass is 19.1. The van der Waals surface area contributed by atoms with Gasteiger partial charge in [0.2, 0.25) is 0 Å². The van der Waals surface area contributed by atoms with E-state index in [1.54, 1.807) is 31.2 Å². The van der Waals surface area contributed by atoms with E-state index in [-0.39, 0.29) is 11.3 Å². The number of anilines is 1. The van der Waals surface area contributed by atoms with Crippen molar-refractivity contribution in [2.45, 2.75) is 13.0 Å². The number of benzene rings is 2. The van der Waals surface area contributed by atoms with E-state index in [1.807, 2.05) is 0 Å². The normalized spacial score (nSPS) is 11.8. The average molecular weight is 289 g/mol. The maximum absolute atomic E-state index is 13.8. The highest BCUT2D eigenvalue weighted by Gasteiger charge is 2.17. The van der Waals surface area contributed by atoms with Crippen LogP contribution in [0.1, 0.15) is 28.9 Å². The lowest BCUT2D eigenvalue weighted by Crippen LogP contribution is -2.15. The summed E-state index contributed by atoms with van der Waals surface area (Å²) in [6.45, 7) is 1.63. The molecule has 0 heterocycles. The van der Waals surface area contributed by atoms with Crippen molar-refractivity contribution in [3.8, 4) is 5.75 Å². The summed E-state index contributed by atoms with van der Waals surface area (Å²) in [5.41, 5.74) is 0.986. The Balaban J connectivity index is 2.28. The van der Waals surface area contributed by atoms with Gasteiger partial charge in [0, 0.05) is 5.69 Å². The van der Waals surface area contributed by atoms with Crippen LogP contribution in [0.15, 0.2) is 42.5 Å². The lowest BCUT2D eigenvalue weighted by atomic mass is 10.1. The molecule has 21 heavy (non-hydrogen) atoms. The molecule has 0 spiro atoms. The summed E-state index contributed by atoms with van der Waals surface area (Å²) in [6.07, 6.45) is -0.648. The van der Waals surface area contributed by atoms with Crippen LogP contribution in [0.4, 0.5) is 10.1 Å². The molecule has 0 radical (unpaired) electrons. The zero-order valence-electron chi connectivity index (χ0n) is 11.8. The van der Waals surface area contributed by atoms with Gasteiger partial charge in [-0.15, -0.1) is 0 Å². The summed E-state index contributed by atoms with van der Waals surface area (Å²) in [5.74, 6) is -1.09. The minimum Gasteiger partial charge on any atom is -0.496 e. The number of nitrogens with one attached hydrogen (secondary N) is 1. The molecular formula is C16H16FNO3. The molecule has 0 saturated heterocycles. The van der Waals surface area contributed by atoms with Gasteiger partial charge >= 0.3 is 0 Å². The Hall–Kier alpha value is -2.40. The predicted octanol–water partition coefficient (Wildman–Crippen LogP) is 3.14. The average Bonchev–Trinajstić information content (AvgIpc) is 2.46. The standard InChI is InChI=1S/C16H16FNO3/c1-10(19)11-5-3-6-12(9-11)18-16(20)15-13(17)7-4-8-14(15)21-2/h3-10,19H,1-2H3,(H,18,20). The molecule has 0 aliphatic heterocycles. The van der Waals surface area contributed by atoms with Crippen LogP contribution in [0.2, 0.25) is 0 Å². The van der Waals surface area contributed by atoms with Crippen LogP contribution in [-0.4, -0.2) is 18.1 Å². The van der Waals surface area contributed by atoms with Gasteiger partial charge in [-0.3, -0.25) is 4.79 Å². The Morgan fingerprint density at radius 2 is 2.00 bits per heavy atom. The van der Waals surface area contributed by atoms with Gasteiger partial charge in [0.15, 0.2) is 0 Å². The monoisotopic (exact) mass is 289 g/mol. The molecule has 2 aromatic rings. The zero-order valence-corrected chi connectivity index (χ0v) is 11.8. The molecule has 2 rings (SSSR count). The number of halogens is 1. The van der Waals surface area contributed by atoms with E-state index < -0.39 is 17.8 Å². The summed E-state index contributed by atoms with van der Waals surface area (Å²) >= 11 is 0. The summed E-state index contributed by atoms with van der Waals surface area (Å²) in [4.78, 5) is 12.2.